The molecule has 5 nitrogen and oxygen atoms in total. The molecule has 5 rings (SSSR count). The van der Waals surface area contributed by atoms with Gasteiger partial charge in [-0.2, -0.15) is 0 Å². The summed E-state index contributed by atoms with van der Waals surface area (Å²) >= 11 is 0. The first-order valence-corrected chi connectivity index (χ1v) is 11.2. The number of pyridine rings is 1. The van der Waals surface area contributed by atoms with Crippen molar-refractivity contribution in [3.05, 3.63) is 95.7 Å². The van der Waals surface area contributed by atoms with Crippen LogP contribution in [-0.2, 0) is 0 Å². The highest BCUT2D eigenvalue weighted by atomic mass is 16.5. The maximum absolute atomic E-state index is 12.7. The van der Waals surface area contributed by atoms with E-state index in [1.807, 2.05) is 47.4 Å². The normalized spacial score (nSPS) is 19.9. The number of likely N-dealkylation sites (tertiary alicyclic amines) is 1. The third-order valence-corrected chi connectivity index (χ3v) is 6.11. The van der Waals surface area contributed by atoms with Crippen molar-refractivity contribution >= 4 is 12.1 Å². The van der Waals surface area contributed by atoms with Gasteiger partial charge >= 0.3 is 6.03 Å². The standard InChI is InChI=1S/C27H27N3O2/c31-27(29-25-19-24(25)22-8-2-1-3-9-22)30-15-12-20(13-16-30)17-21-7-6-10-23(18-21)32-26-11-4-5-14-28-26/h1-11,14,17-18,24-25H,12-13,15-16,19H2,(H,29,31)/t24-,25?/m1/s1. The number of amides is 2. The number of rotatable bonds is 5. The molecule has 1 aromatic heterocycles. The first-order chi connectivity index (χ1) is 15.7. The molecule has 2 heterocycles. The molecule has 0 radical (unpaired) electrons. The summed E-state index contributed by atoms with van der Waals surface area (Å²) in [5.41, 5.74) is 3.78. The molecular formula is C27H27N3O2. The third-order valence-electron chi connectivity index (χ3n) is 6.11. The molecule has 2 aliphatic rings. The second-order valence-electron chi connectivity index (χ2n) is 8.44. The predicted octanol–water partition coefficient (Wildman–Crippen LogP) is 5.62. The summed E-state index contributed by atoms with van der Waals surface area (Å²) in [4.78, 5) is 18.8. The van der Waals surface area contributed by atoms with Gasteiger partial charge in [-0.1, -0.05) is 60.2 Å². The minimum absolute atomic E-state index is 0.0678. The highest BCUT2D eigenvalue weighted by Crippen LogP contribution is 2.40. The van der Waals surface area contributed by atoms with Crippen molar-refractivity contribution in [2.24, 2.45) is 0 Å². The lowest BCUT2D eigenvalue weighted by atomic mass is 10.0. The van der Waals surface area contributed by atoms with Crippen LogP contribution in [0.1, 0.15) is 36.3 Å². The molecule has 2 aromatic carbocycles. The first kappa shape index (κ1) is 20.3. The minimum Gasteiger partial charge on any atom is -0.439 e. The predicted molar refractivity (Wildman–Crippen MR) is 126 cm³/mol. The number of piperidine rings is 1. The largest absolute Gasteiger partial charge is 0.439 e. The van der Waals surface area contributed by atoms with Gasteiger partial charge in [0.25, 0.3) is 0 Å². The van der Waals surface area contributed by atoms with E-state index in [1.54, 1.807) is 6.20 Å². The zero-order valence-corrected chi connectivity index (χ0v) is 18.0. The highest BCUT2D eigenvalue weighted by Gasteiger charge is 2.40. The van der Waals surface area contributed by atoms with Crippen LogP contribution in [0.3, 0.4) is 0 Å². The van der Waals surface area contributed by atoms with Gasteiger partial charge in [0, 0.05) is 37.3 Å². The van der Waals surface area contributed by atoms with Gasteiger partial charge in [0.1, 0.15) is 5.75 Å². The third kappa shape index (κ3) is 4.99. The van der Waals surface area contributed by atoms with Gasteiger partial charge in [-0.05, 0) is 48.6 Å². The fraction of sp³-hybridized carbons (Fsp3) is 0.259. The number of ether oxygens (including phenoxy) is 1. The summed E-state index contributed by atoms with van der Waals surface area (Å²) in [6.07, 6.45) is 6.76. The van der Waals surface area contributed by atoms with Gasteiger partial charge in [-0.3, -0.25) is 0 Å². The average molecular weight is 426 g/mol. The summed E-state index contributed by atoms with van der Waals surface area (Å²) in [5, 5.41) is 3.21. The molecule has 5 heteroatoms. The summed E-state index contributed by atoms with van der Waals surface area (Å²) in [6.45, 7) is 1.51. The minimum atomic E-state index is 0.0678. The Morgan fingerprint density at radius 3 is 2.59 bits per heavy atom. The molecular weight excluding hydrogens is 398 g/mol. The number of hydrogen-bond donors (Lipinski definition) is 1. The number of nitrogens with zero attached hydrogens (tertiary/aromatic N) is 2. The van der Waals surface area contributed by atoms with Crippen LogP contribution in [0.2, 0.25) is 0 Å². The second kappa shape index (κ2) is 9.27. The van der Waals surface area contributed by atoms with E-state index in [2.05, 4.69) is 46.7 Å². The molecule has 2 fully saturated rings. The molecule has 2 amide bonds. The number of carbonyl (C=O) groups is 1. The van der Waals surface area contributed by atoms with E-state index >= 15 is 0 Å². The fourth-order valence-corrected chi connectivity index (χ4v) is 4.25. The van der Waals surface area contributed by atoms with Gasteiger partial charge in [0.05, 0.1) is 0 Å². The summed E-state index contributed by atoms with van der Waals surface area (Å²) in [7, 11) is 0. The Morgan fingerprint density at radius 2 is 1.81 bits per heavy atom. The van der Waals surface area contributed by atoms with Crippen molar-refractivity contribution in [3.63, 3.8) is 0 Å². The van der Waals surface area contributed by atoms with Crippen LogP contribution in [0.5, 0.6) is 11.6 Å². The van der Waals surface area contributed by atoms with Crippen LogP contribution in [-0.4, -0.2) is 35.0 Å². The van der Waals surface area contributed by atoms with Gasteiger partial charge in [-0.15, -0.1) is 0 Å². The molecule has 1 saturated carbocycles. The average Bonchev–Trinajstić information content (AvgIpc) is 3.60. The van der Waals surface area contributed by atoms with Gasteiger partial charge < -0.3 is 15.0 Å². The zero-order chi connectivity index (χ0) is 21.8. The lowest BCUT2D eigenvalue weighted by molar-refractivity contribution is 0.193. The Balaban J connectivity index is 1.13. The van der Waals surface area contributed by atoms with Crippen molar-refractivity contribution in [2.75, 3.05) is 13.1 Å². The van der Waals surface area contributed by atoms with Crippen LogP contribution >= 0.6 is 0 Å². The van der Waals surface area contributed by atoms with Gasteiger partial charge in [0.15, 0.2) is 0 Å². The fourth-order valence-electron chi connectivity index (χ4n) is 4.25. The number of carbonyl (C=O) groups excluding carboxylic acids is 1. The van der Waals surface area contributed by atoms with Crippen LogP contribution in [0.25, 0.3) is 6.08 Å². The van der Waals surface area contributed by atoms with Crippen LogP contribution in [0, 0.1) is 0 Å². The lowest BCUT2D eigenvalue weighted by Gasteiger charge is -2.28. The summed E-state index contributed by atoms with van der Waals surface area (Å²) < 4.78 is 5.84. The van der Waals surface area contributed by atoms with Crippen LogP contribution < -0.4 is 10.1 Å². The Bertz CT molecular complexity index is 1090. The monoisotopic (exact) mass is 425 g/mol. The molecule has 1 aliphatic carbocycles. The number of urea groups is 1. The Morgan fingerprint density at radius 1 is 1.00 bits per heavy atom. The lowest BCUT2D eigenvalue weighted by Crippen LogP contribution is -2.44. The summed E-state index contributed by atoms with van der Waals surface area (Å²) in [6, 6.07) is 24.4. The molecule has 162 valence electrons. The Hall–Kier alpha value is -3.60. The van der Waals surface area contributed by atoms with Gasteiger partial charge in [0.2, 0.25) is 5.88 Å². The van der Waals surface area contributed by atoms with E-state index in [0.29, 0.717) is 11.8 Å². The zero-order valence-electron chi connectivity index (χ0n) is 18.0. The van der Waals surface area contributed by atoms with Crippen LogP contribution in [0.4, 0.5) is 4.79 Å². The molecule has 3 aromatic rings. The quantitative estimate of drug-likeness (QED) is 0.577. The molecule has 2 atom stereocenters. The van der Waals surface area contributed by atoms with Crippen LogP contribution in [0.15, 0.2) is 84.6 Å². The van der Waals surface area contributed by atoms with E-state index in [9.17, 15) is 4.79 Å². The van der Waals surface area contributed by atoms with E-state index in [4.69, 9.17) is 4.74 Å². The molecule has 0 bridgehead atoms. The number of hydrogen-bond acceptors (Lipinski definition) is 3. The highest BCUT2D eigenvalue weighted by molar-refractivity contribution is 5.75. The van der Waals surface area contributed by atoms with E-state index in [1.165, 1.54) is 11.1 Å². The number of benzene rings is 2. The smallest absolute Gasteiger partial charge is 0.317 e. The van der Waals surface area contributed by atoms with Crippen molar-refractivity contribution < 1.29 is 9.53 Å². The molecule has 1 unspecified atom stereocenters. The first-order valence-electron chi connectivity index (χ1n) is 11.2. The van der Waals surface area contributed by atoms with Gasteiger partial charge in [-0.25, -0.2) is 9.78 Å². The van der Waals surface area contributed by atoms with Crippen molar-refractivity contribution in [2.45, 2.75) is 31.2 Å². The Kier molecular flexibility index (Phi) is 5.88. The van der Waals surface area contributed by atoms with E-state index in [-0.39, 0.29) is 12.1 Å². The molecule has 1 N–H and O–H groups in total. The molecule has 32 heavy (non-hydrogen) atoms. The molecule has 1 aliphatic heterocycles. The number of nitrogens with one attached hydrogen (secondary N) is 1. The maximum Gasteiger partial charge on any atom is 0.317 e. The van der Waals surface area contributed by atoms with Crippen molar-refractivity contribution in [1.82, 2.24) is 15.2 Å². The van der Waals surface area contributed by atoms with E-state index in [0.717, 1.165) is 43.7 Å². The van der Waals surface area contributed by atoms with Crippen molar-refractivity contribution in [3.8, 4) is 11.6 Å². The maximum atomic E-state index is 12.7. The van der Waals surface area contributed by atoms with E-state index < -0.39 is 0 Å². The summed E-state index contributed by atoms with van der Waals surface area (Å²) in [5.74, 6) is 1.81. The molecule has 1 saturated heterocycles. The Labute approximate surface area is 188 Å². The molecule has 0 spiro atoms. The topological polar surface area (TPSA) is 54.5 Å². The van der Waals surface area contributed by atoms with Crippen molar-refractivity contribution in [1.29, 1.82) is 0 Å². The second-order valence-corrected chi connectivity index (χ2v) is 8.44. The SMILES string of the molecule is O=C(NC1C[C@@H]1c1ccccc1)N1CCC(=Cc2cccc(Oc3ccccn3)c2)CC1. The number of aromatic nitrogens is 1.